The molecule has 0 radical (unpaired) electrons. The number of hydrogen-bond donors (Lipinski definition) is 0. The number of aryl methyl sites for hydroxylation is 1. The smallest absolute Gasteiger partial charge is 0.261 e. The molecule has 1 aliphatic heterocycles. The Hall–Kier alpha value is -3.42. The van der Waals surface area contributed by atoms with E-state index in [0.717, 1.165) is 24.9 Å². The number of carbonyl (C=O) groups is 1. The summed E-state index contributed by atoms with van der Waals surface area (Å²) in [5.74, 6) is 0.796. The number of carbonyl (C=O) groups excluding carboxylic acids is 1. The lowest BCUT2D eigenvalue weighted by Crippen LogP contribution is -2.37. The Morgan fingerprint density at radius 3 is 2.73 bits per heavy atom. The average molecular weight is 454 g/mol. The van der Waals surface area contributed by atoms with Gasteiger partial charge in [-0.1, -0.05) is 12.1 Å². The van der Waals surface area contributed by atoms with Crippen LogP contribution >= 0.6 is 0 Å². The van der Waals surface area contributed by atoms with E-state index in [0.29, 0.717) is 48.2 Å². The zero-order valence-corrected chi connectivity index (χ0v) is 18.9. The van der Waals surface area contributed by atoms with Crippen LogP contribution in [0.1, 0.15) is 31.2 Å². The first-order valence-electron chi connectivity index (χ1n) is 11.1. The first kappa shape index (κ1) is 22.8. The summed E-state index contributed by atoms with van der Waals surface area (Å²) in [6, 6.07) is 9.96. The SMILES string of the molecule is COc1cc2ncn(CCCC(=O)N3CCCC3Cc3cccc(F)c3)c(=O)c2cc1OC. The highest BCUT2D eigenvalue weighted by Gasteiger charge is 2.28. The third kappa shape index (κ3) is 4.99. The van der Waals surface area contributed by atoms with Gasteiger partial charge in [0, 0.05) is 31.6 Å². The Balaban J connectivity index is 1.39. The number of aromatic nitrogens is 2. The number of methoxy groups -OCH3 is 2. The first-order valence-corrected chi connectivity index (χ1v) is 11.1. The summed E-state index contributed by atoms with van der Waals surface area (Å²) in [6.45, 7) is 1.11. The van der Waals surface area contributed by atoms with Crippen molar-refractivity contribution < 1.29 is 18.7 Å². The topological polar surface area (TPSA) is 73.7 Å². The molecule has 1 amide bonds. The molecule has 0 N–H and O–H groups in total. The number of amides is 1. The number of ether oxygens (including phenoxy) is 2. The number of fused-ring (bicyclic) bond motifs is 1. The lowest BCUT2D eigenvalue weighted by atomic mass is 10.0. The van der Waals surface area contributed by atoms with Gasteiger partial charge in [0.05, 0.1) is 31.4 Å². The highest BCUT2D eigenvalue weighted by atomic mass is 19.1. The zero-order valence-electron chi connectivity index (χ0n) is 18.9. The normalized spacial score (nSPS) is 15.7. The maximum absolute atomic E-state index is 13.5. The van der Waals surface area contributed by atoms with Gasteiger partial charge in [0.15, 0.2) is 11.5 Å². The highest BCUT2D eigenvalue weighted by Crippen LogP contribution is 2.30. The second kappa shape index (κ2) is 10.0. The van der Waals surface area contributed by atoms with Crippen LogP contribution < -0.4 is 15.0 Å². The van der Waals surface area contributed by atoms with E-state index in [1.165, 1.54) is 37.2 Å². The Bertz CT molecular complexity index is 1210. The van der Waals surface area contributed by atoms with Crippen LogP contribution in [0.3, 0.4) is 0 Å². The Kier molecular flexibility index (Phi) is 6.91. The van der Waals surface area contributed by atoms with Crippen LogP contribution in [0.15, 0.2) is 47.5 Å². The van der Waals surface area contributed by atoms with Crippen molar-refractivity contribution in [3.63, 3.8) is 0 Å². The van der Waals surface area contributed by atoms with Crippen LogP contribution in [0.4, 0.5) is 4.39 Å². The Morgan fingerprint density at radius 2 is 1.97 bits per heavy atom. The minimum Gasteiger partial charge on any atom is -0.493 e. The minimum absolute atomic E-state index is 0.0714. The van der Waals surface area contributed by atoms with E-state index in [1.54, 1.807) is 18.2 Å². The lowest BCUT2D eigenvalue weighted by molar-refractivity contribution is -0.132. The molecule has 0 aliphatic carbocycles. The van der Waals surface area contributed by atoms with Gasteiger partial charge in [-0.05, 0) is 49.4 Å². The number of nitrogens with zero attached hydrogens (tertiary/aromatic N) is 3. The summed E-state index contributed by atoms with van der Waals surface area (Å²) in [7, 11) is 3.05. The first-order chi connectivity index (χ1) is 16.0. The van der Waals surface area contributed by atoms with Gasteiger partial charge in [-0.15, -0.1) is 0 Å². The quantitative estimate of drug-likeness (QED) is 0.521. The van der Waals surface area contributed by atoms with E-state index in [9.17, 15) is 14.0 Å². The second-order valence-electron chi connectivity index (χ2n) is 8.29. The van der Waals surface area contributed by atoms with Crippen LogP contribution in [0.2, 0.25) is 0 Å². The van der Waals surface area contributed by atoms with Gasteiger partial charge in [0.25, 0.3) is 5.56 Å². The maximum Gasteiger partial charge on any atom is 0.261 e. The second-order valence-corrected chi connectivity index (χ2v) is 8.29. The largest absolute Gasteiger partial charge is 0.493 e. The van der Waals surface area contributed by atoms with Crippen LogP contribution in [0.25, 0.3) is 10.9 Å². The molecule has 174 valence electrons. The fraction of sp³-hybridized carbons (Fsp3) is 0.400. The number of halogens is 1. The molecule has 1 aliphatic rings. The molecule has 4 rings (SSSR count). The molecule has 0 spiro atoms. The molecule has 8 heteroatoms. The predicted molar refractivity (Wildman–Crippen MR) is 123 cm³/mol. The van der Waals surface area contributed by atoms with Crippen molar-refractivity contribution in [3.05, 3.63) is 64.5 Å². The van der Waals surface area contributed by atoms with Crippen LogP contribution in [-0.4, -0.2) is 47.2 Å². The molecule has 2 heterocycles. The van der Waals surface area contributed by atoms with Crippen molar-refractivity contribution in [2.75, 3.05) is 20.8 Å². The van der Waals surface area contributed by atoms with Gasteiger partial charge in [-0.25, -0.2) is 9.37 Å². The summed E-state index contributed by atoms with van der Waals surface area (Å²) in [4.78, 5) is 32.1. The fourth-order valence-electron chi connectivity index (χ4n) is 4.50. The van der Waals surface area contributed by atoms with Gasteiger partial charge < -0.3 is 14.4 Å². The number of rotatable bonds is 8. The molecule has 1 unspecified atom stereocenters. The van der Waals surface area contributed by atoms with E-state index in [-0.39, 0.29) is 23.3 Å². The van der Waals surface area contributed by atoms with Crippen LogP contribution in [0.5, 0.6) is 11.5 Å². The third-order valence-electron chi connectivity index (χ3n) is 6.18. The van der Waals surface area contributed by atoms with Gasteiger partial charge in [-0.2, -0.15) is 0 Å². The molecule has 1 saturated heterocycles. The summed E-state index contributed by atoms with van der Waals surface area (Å²) in [5, 5.41) is 0.441. The van der Waals surface area contributed by atoms with E-state index in [2.05, 4.69) is 4.98 Å². The minimum atomic E-state index is -0.256. The number of likely N-dealkylation sites (tertiary alicyclic amines) is 1. The summed E-state index contributed by atoms with van der Waals surface area (Å²) >= 11 is 0. The maximum atomic E-state index is 13.5. The standard InChI is InChI=1S/C25H28FN3O4/c1-32-22-14-20-21(15-23(22)33-2)27-16-28(25(20)31)10-5-9-24(30)29-11-4-8-19(29)13-17-6-3-7-18(26)12-17/h3,6-7,12,14-16,19H,4-5,8-11,13H2,1-2H3. The summed E-state index contributed by atoms with van der Waals surface area (Å²) in [6.07, 6.45) is 4.90. The lowest BCUT2D eigenvalue weighted by Gasteiger charge is -2.25. The van der Waals surface area contributed by atoms with Crippen molar-refractivity contribution >= 4 is 16.8 Å². The van der Waals surface area contributed by atoms with Crippen molar-refractivity contribution in [3.8, 4) is 11.5 Å². The van der Waals surface area contributed by atoms with Crippen LogP contribution in [0, 0.1) is 5.82 Å². The summed E-state index contributed by atoms with van der Waals surface area (Å²) in [5.41, 5.74) is 1.25. The van der Waals surface area contributed by atoms with E-state index in [1.807, 2.05) is 11.0 Å². The van der Waals surface area contributed by atoms with Gasteiger partial charge >= 0.3 is 0 Å². The monoisotopic (exact) mass is 453 g/mol. The van der Waals surface area contributed by atoms with Crippen molar-refractivity contribution in [1.29, 1.82) is 0 Å². The van der Waals surface area contributed by atoms with Crippen molar-refractivity contribution in [1.82, 2.24) is 14.5 Å². The van der Waals surface area contributed by atoms with Gasteiger partial charge in [0.1, 0.15) is 5.82 Å². The molecular formula is C25H28FN3O4. The van der Waals surface area contributed by atoms with E-state index >= 15 is 0 Å². The Morgan fingerprint density at radius 1 is 1.18 bits per heavy atom. The van der Waals surface area contributed by atoms with Gasteiger partial charge in [0.2, 0.25) is 5.91 Å². The molecule has 2 aromatic carbocycles. The molecule has 1 atom stereocenters. The third-order valence-corrected chi connectivity index (χ3v) is 6.18. The highest BCUT2D eigenvalue weighted by molar-refractivity contribution is 5.81. The molecule has 7 nitrogen and oxygen atoms in total. The summed E-state index contributed by atoms with van der Waals surface area (Å²) < 4.78 is 25.6. The molecule has 0 bridgehead atoms. The van der Waals surface area contributed by atoms with Crippen molar-refractivity contribution in [2.45, 2.75) is 44.7 Å². The average Bonchev–Trinajstić information content (AvgIpc) is 3.28. The van der Waals surface area contributed by atoms with Gasteiger partial charge in [-0.3, -0.25) is 14.2 Å². The molecule has 33 heavy (non-hydrogen) atoms. The zero-order chi connectivity index (χ0) is 23.4. The fourth-order valence-corrected chi connectivity index (χ4v) is 4.50. The number of benzene rings is 2. The Labute approximate surface area is 191 Å². The number of hydrogen-bond acceptors (Lipinski definition) is 5. The van der Waals surface area contributed by atoms with Crippen LogP contribution in [-0.2, 0) is 17.8 Å². The molecule has 0 saturated carbocycles. The molecule has 1 aromatic heterocycles. The molecule has 3 aromatic rings. The molecule has 1 fully saturated rings. The predicted octanol–water partition coefficient (Wildman–Crippen LogP) is 3.57. The molecular weight excluding hydrogens is 425 g/mol. The van der Waals surface area contributed by atoms with E-state index < -0.39 is 0 Å². The van der Waals surface area contributed by atoms with E-state index in [4.69, 9.17) is 9.47 Å². The van der Waals surface area contributed by atoms with Crippen molar-refractivity contribution in [2.24, 2.45) is 0 Å².